The lowest BCUT2D eigenvalue weighted by Gasteiger charge is -2.15. The van der Waals surface area contributed by atoms with E-state index in [-0.39, 0.29) is 11.8 Å². The van der Waals surface area contributed by atoms with Crippen LogP contribution in [0.15, 0.2) is 29.8 Å². The number of rotatable bonds is 6. The van der Waals surface area contributed by atoms with Crippen LogP contribution in [-0.2, 0) is 9.59 Å². The number of aromatic nitrogens is 1. The highest BCUT2D eigenvalue weighted by Crippen LogP contribution is 2.28. The van der Waals surface area contributed by atoms with Crippen LogP contribution in [0, 0.1) is 6.92 Å². The third kappa shape index (κ3) is 3.30. The average Bonchev–Trinajstić information content (AvgIpc) is 2.84. The van der Waals surface area contributed by atoms with E-state index in [0.717, 1.165) is 21.7 Å². The predicted molar refractivity (Wildman–Crippen MR) is 79.5 cm³/mol. The predicted octanol–water partition coefficient (Wildman–Crippen LogP) is 2.88. The highest BCUT2D eigenvalue weighted by molar-refractivity contribution is 7.13. The van der Waals surface area contributed by atoms with Crippen molar-refractivity contribution in [1.29, 1.82) is 0 Å². The molecule has 0 aliphatic carbocycles. The van der Waals surface area contributed by atoms with Crippen molar-refractivity contribution in [2.75, 3.05) is 0 Å². The van der Waals surface area contributed by atoms with Gasteiger partial charge in [0.2, 0.25) is 6.41 Å². The molecule has 1 amide bonds. The van der Waals surface area contributed by atoms with E-state index < -0.39 is 0 Å². The minimum absolute atomic E-state index is 0.0479. The summed E-state index contributed by atoms with van der Waals surface area (Å²) in [7, 11) is 0. The van der Waals surface area contributed by atoms with Crippen molar-refractivity contribution >= 4 is 23.5 Å². The van der Waals surface area contributed by atoms with Crippen LogP contribution in [-0.4, -0.2) is 17.2 Å². The van der Waals surface area contributed by atoms with Gasteiger partial charge in [0.15, 0.2) is 0 Å². The molecule has 2 rings (SSSR count). The van der Waals surface area contributed by atoms with Crippen molar-refractivity contribution in [1.82, 2.24) is 10.3 Å². The second-order valence-electron chi connectivity index (χ2n) is 4.63. The molecule has 104 valence electrons. The van der Waals surface area contributed by atoms with Crippen molar-refractivity contribution in [2.24, 2.45) is 0 Å². The Morgan fingerprint density at radius 1 is 1.40 bits per heavy atom. The summed E-state index contributed by atoms with van der Waals surface area (Å²) in [5.41, 5.74) is 4.86. The maximum Gasteiger partial charge on any atom is 0.207 e. The molecule has 4 nitrogen and oxygen atoms in total. The van der Waals surface area contributed by atoms with Crippen molar-refractivity contribution in [3.05, 3.63) is 41.0 Å². The normalized spacial score (nSPS) is 11.9. The Morgan fingerprint density at radius 3 is 2.60 bits per heavy atom. The third-order valence-corrected chi connectivity index (χ3v) is 4.06. The Labute approximate surface area is 121 Å². The van der Waals surface area contributed by atoms with Gasteiger partial charge in [-0.3, -0.25) is 9.59 Å². The van der Waals surface area contributed by atoms with Crippen LogP contribution in [0.2, 0.25) is 0 Å². The summed E-state index contributed by atoms with van der Waals surface area (Å²) >= 11 is 1.60. The van der Waals surface area contributed by atoms with Crippen LogP contribution >= 0.6 is 11.3 Å². The smallest absolute Gasteiger partial charge is 0.207 e. The highest BCUT2D eigenvalue weighted by Gasteiger charge is 2.13. The molecule has 1 N–H and O–H groups in total. The topological polar surface area (TPSA) is 59.1 Å². The van der Waals surface area contributed by atoms with E-state index in [4.69, 9.17) is 0 Å². The second-order valence-corrected chi connectivity index (χ2v) is 5.49. The largest absolute Gasteiger partial charge is 0.351 e. The van der Waals surface area contributed by atoms with Crippen LogP contribution < -0.4 is 5.32 Å². The molecular formula is C15H16N2O2S. The van der Waals surface area contributed by atoms with Gasteiger partial charge in [0.25, 0.3) is 0 Å². The first-order valence-corrected chi connectivity index (χ1v) is 7.19. The number of carbonyl (C=O) groups is 2. The minimum Gasteiger partial charge on any atom is -0.351 e. The molecule has 0 radical (unpaired) electrons. The molecule has 0 spiro atoms. The minimum atomic E-state index is -0.262. The van der Waals surface area contributed by atoms with E-state index in [2.05, 4.69) is 10.3 Å². The first-order valence-electron chi connectivity index (χ1n) is 6.31. The molecule has 1 aromatic heterocycles. The molecule has 0 aliphatic heterocycles. The van der Waals surface area contributed by atoms with Crippen molar-refractivity contribution in [3.63, 3.8) is 0 Å². The zero-order chi connectivity index (χ0) is 14.5. The fraction of sp³-hybridized carbons (Fsp3) is 0.267. The number of carbonyl (C=O) groups excluding carboxylic acids is 2. The van der Waals surface area contributed by atoms with Gasteiger partial charge in [-0.2, -0.15) is 0 Å². The Kier molecular flexibility index (Phi) is 4.63. The van der Waals surface area contributed by atoms with Crippen LogP contribution in [0.4, 0.5) is 0 Å². The molecule has 2 aromatic rings. The third-order valence-electron chi connectivity index (χ3n) is 3.08. The van der Waals surface area contributed by atoms with Crippen molar-refractivity contribution < 1.29 is 9.59 Å². The molecule has 0 fully saturated rings. The summed E-state index contributed by atoms with van der Waals surface area (Å²) in [6, 6.07) is 7.61. The molecular weight excluding hydrogens is 272 g/mol. The number of benzene rings is 1. The molecule has 1 aromatic carbocycles. The maximum atomic E-state index is 11.2. The van der Waals surface area contributed by atoms with Gasteiger partial charge < -0.3 is 5.32 Å². The van der Waals surface area contributed by atoms with Crippen LogP contribution in [0.1, 0.15) is 30.6 Å². The Balaban J connectivity index is 2.24. The Morgan fingerprint density at radius 2 is 2.10 bits per heavy atom. The second kappa shape index (κ2) is 6.43. The van der Waals surface area contributed by atoms with Gasteiger partial charge in [0, 0.05) is 6.42 Å². The molecule has 0 bridgehead atoms. The molecule has 20 heavy (non-hydrogen) atoms. The standard InChI is InChI=1S/C15H16N2O2S/c1-10(19)7-14(16-8-18)12-3-5-13(6-4-12)15-11(2)17-9-20-15/h3-6,8-9,14H,7H2,1-2H3,(H,16,18)/t14-/m0/s1. The number of aryl methyl sites for hydroxylation is 1. The first kappa shape index (κ1) is 14.4. The van der Waals surface area contributed by atoms with Gasteiger partial charge in [-0.1, -0.05) is 24.3 Å². The number of hydrogen-bond donors (Lipinski definition) is 1. The number of amides is 1. The molecule has 5 heteroatoms. The number of thiazole rings is 1. The Hall–Kier alpha value is -2.01. The average molecular weight is 288 g/mol. The van der Waals surface area contributed by atoms with Gasteiger partial charge in [-0.15, -0.1) is 11.3 Å². The van der Waals surface area contributed by atoms with E-state index >= 15 is 0 Å². The summed E-state index contributed by atoms with van der Waals surface area (Å²) in [5.74, 6) is 0.0479. The number of Topliss-reactive ketones (excluding diaryl/α,β-unsaturated/α-hetero) is 1. The summed E-state index contributed by atoms with van der Waals surface area (Å²) < 4.78 is 0. The van der Waals surface area contributed by atoms with Crippen molar-refractivity contribution in [2.45, 2.75) is 26.3 Å². The fourth-order valence-electron chi connectivity index (χ4n) is 2.09. The quantitative estimate of drug-likeness (QED) is 0.831. The van der Waals surface area contributed by atoms with Crippen LogP contribution in [0.5, 0.6) is 0 Å². The fourth-order valence-corrected chi connectivity index (χ4v) is 2.90. The van der Waals surface area contributed by atoms with Gasteiger partial charge in [0.05, 0.1) is 22.1 Å². The van der Waals surface area contributed by atoms with Gasteiger partial charge in [-0.25, -0.2) is 4.98 Å². The molecule has 0 unspecified atom stereocenters. The zero-order valence-corrected chi connectivity index (χ0v) is 12.2. The molecule has 1 atom stereocenters. The maximum absolute atomic E-state index is 11.2. The molecule has 0 saturated carbocycles. The van der Waals surface area contributed by atoms with Crippen molar-refractivity contribution in [3.8, 4) is 10.4 Å². The molecule has 0 saturated heterocycles. The van der Waals surface area contributed by atoms with E-state index in [9.17, 15) is 9.59 Å². The lowest BCUT2D eigenvalue weighted by molar-refractivity contribution is -0.117. The number of nitrogens with zero attached hydrogens (tertiary/aromatic N) is 1. The number of ketones is 1. The van der Waals surface area contributed by atoms with E-state index in [1.54, 1.807) is 11.3 Å². The van der Waals surface area contributed by atoms with E-state index in [0.29, 0.717) is 12.8 Å². The molecule has 1 heterocycles. The van der Waals surface area contributed by atoms with Crippen LogP contribution in [0.3, 0.4) is 0 Å². The first-order chi connectivity index (χ1) is 9.61. The molecule has 0 aliphatic rings. The summed E-state index contributed by atoms with van der Waals surface area (Å²) in [6.45, 7) is 3.50. The van der Waals surface area contributed by atoms with Crippen LogP contribution in [0.25, 0.3) is 10.4 Å². The summed E-state index contributed by atoms with van der Waals surface area (Å²) in [4.78, 5) is 27.3. The zero-order valence-electron chi connectivity index (χ0n) is 11.4. The number of hydrogen-bond acceptors (Lipinski definition) is 4. The monoisotopic (exact) mass is 288 g/mol. The Bertz CT molecular complexity index is 605. The SMILES string of the molecule is CC(=O)C[C@H](NC=O)c1ccc(-c2scnc2C)cc1. The van der Waals surface area contributed by atoms with Gasteiger partial charge in [-0.05, 0) is 25.0 Å². The van der Waals surface area contributed by atoms with Gasteiger partial charge in [0.1, 0.15) is 5.78 Å². The van der Waals surface area contributed by atoms with E-state index in [1.165, 1.54) is 6.92 Å². The highest BCUT2D eigenvalue weighted by atomic mass is 32.1. The van der Waals surface area contributed by atoms with Gasteiger partial charge >= 0.3 is 0 Å². The van der Waals surface area contributed by atoms with E-state index in [1.807, 2.05) is 36.7 Å². The summed E-state index contributed by atoms with van der Waals surface area (Å²) in [6.07, 6.45) is 0.937. The lowest BCUT2D eigenvalue weighted by atomic mass is 10.00. The summed E-state index contributed by atoms with van der Waals surface area (Å²) in [5, 5.41) is 2.68. The lowest BCUT2D eigenvalue weighted by Crippen LogP contribution is -2.21. The number of nitrogens with one attached hydrogen (secondary N) is 1.